The van der Waals surface area contributed by atoms with Gasteiger partial charge in [-0.2, -0.15) is 25.2 Å². The molecule has 0 atom stereocenters. The Bertz CT molecular complexity index is 1390. The molecule has 1 saturated heterocycles. The summed E-state index contributed by atoms with van der Waals surface area (Å²) in [5.74, 6) is 1.80. The Labute approximate surface area is 215 Å². The van der Waals surface area contributed by atoms with E-state index >= 15 is 0 Å². The van der Waals surface area contributed by atoms with Gasteiger partial charge in [-0.05, 0) is 74.1 Å². The molecule has 5 rings (SSSR count). The number of aromatic amines is 1. The minimum Gasteiger partial charge on any atom is -0.341 e. The van der Waals surface area contributed by atoms with Crippen LogP contribution in [0.5, 0.6) is 0 Å². The topological polar surface area (TPSA) is 107 Å². The molecule has 0 radical (unpaired) electrons. The SMILES string of the molecule is Cc1cccc(Nc2nc(N/N=C\c3cn[nH]c3-c3ccc(F)cc3)nc(N3CCC(C)CC3)n2)c1C. The molecule has 3 heterocycles. The molecule has 2 aromatic heterocycles. The molecule has 1 fully saturated rings. The lowest BCUT2D eigenvalue weighted by Crippen LogP contribution is -2.34. The van der Waals surface area contributed by atoms with Gasteiger partial charge in [0.2, 0.25) is 17.8 Å². The Hall–Kier alpha value is -4.34. The largest absolute Gasteiger partial charge is 0.341 e. The van der Waals surface area contributed by atoms with Crippen molar-refractivity contribution in [1.82, 2.24) is 25.1 Å². The molecule has 3 N–H and O–H groups in total. The molecule has 4 aromatic rings. The zero-order valence-corrected chi connectivity index (χ0v) is 21.2. The minimum absolute atomic E-state index is 0.292. The number of benzene rings is 2. The van der Waals surface area contributed by atoms with Gasteiger partial charge >= 0.3 is 0 Å². The Morgan fingerprint density at radius 1 is 1.03 bits per heavy atom. The molecule has 0 spiro atoms. The number of aromatic nitrogens is 5. The van der Waals surface area contributed by atoms with E-state index < -0.39 is 0 Å². The number of nitrogens with zero attached hydrogens (tertiary/aromatic N) is 6. The Balaban J connectivity index is 1.40. The molecule has 0 saturated carbocycles. The van der Waals surface area contributed by atoms with Crippen molar-refractivity contribution >= 4 is 29.7 Å². The van der Waals surface area contributed by atoms with Gasteiger partial charge in [0.25, 0.3) is 0 Å². The molecule has 1 aliphatic rings. The summed E-state index contributed by atoms with van der Waals surface area (Å²) in [5.41, 5.74) is 8.50. The Morgan fingerprint density at radius 2 is 1.78 bits per heavy atom. The van der Waals surface area contributed by atoms with E-state index in [9.17, 15) is 4.39 Å². The fraction of sp³-hybridized carbons (Fsp3) is 0.296. The third-order valence-corrected chi connectivity index (χ3v) is 6.71. The van der Waals surface area contributed by atoms with E-state index in [0.29, 0.717) is 23.8 Å². The lowest BCUT2D eigenvalue weighted by Gasteiger charge is -2.30. The molecule has 37 heavy (non-hydrogen) atoms. The van der Waals surface area contributed by atoms with Crippen LogP contribution in [0.2, 0.25) is 0 Å². The standard InChI is InChI=1S/C27H30FN9/c1-17-11-13-37(14-12-17)27-33-25(31-23-6-4-5-18(2)19(23)3)32-26(34-27)36-30-16-21-15-29-35-24(21)20-7-9-22(28)10-8-20/h4-10,15-17H,11-14H2,1-3H3,(H,29,35)(H2,31,32,33,34,36)/b30-16-. The maximum Gasteiger partial charge on any atom is 0.250 e. The summed E-state index contributed by atoms with van der Waals surface area (Å²) in [4.78, 5) is 16.1. The highest BCUT2D eigenvalue weighted by molar-refractivity contribution is 5.88. The first-order valence-corrected chi connectivity index (χ1v) is 12.4. The number of H-pyrrole nitrogens is 1. The first kappa shape index (κ1) is 24.4. The number of hydrogen-bond donors (Lipinski definition) is 3. The average Bonchev–Trinajstić information content (AvgIpc) is 3.36. The fourth-order valence-electron chi connectivity index (χ4n) is 4.23. The van der Waals surface area contributed by atoms with Crippen molar-refractivity contribution < 1.29 is 4.39 Å². The van der Waals surface area contributed by atoms with Crippen LogP contribution in [0.4, 0.5) is 27.9 Å². The van der Waals surface area contributed by atoms with E-state index in [0.717, 1.165) is 54.0 Å². The zero-order valence-electron chi connectivity index (χ0n) is 21.2. The second-order valence-electron chi connectivity index (χ2n) is 9.40. The number of hydrazone groups is 1. The van der Waals surface area contributed by atoms with Gasteiger partial charge in [0.1, 0.15) is 5.82 Å². The van der Waals surface area contributed by atoms with Gasteiger partial charge in [0.05, 0.1) is 18.1 Å². The lowest BCUT2D eigenvalue weighted by molar-refractivity contribution is 0.434. The molecule has 9 nitrogen and oxygen atoms in total. The summed E-state index contributed by atoms with van der Waals surface area (Å²) in [6, 6.07) is 12.3. The van der Waals surface area contributed by atoms with Gasteiger partial charge in [-0.25, -0.2) is 9.82 Å². The first-order valence-electron chi connectivity index (χ1n) is 12.4. The van der Waals surface area contributed by atoms with Gasteiger partial charge in [-0.3, -0.25) is 5.10 Å². The maximum atomic E-state index is 13.3. The third kappa shape index (κ3) is 5.74. The Kier molecular flexibility index (Phi) is 7.07. The van der Waals surface area contributed by atoms with Crippen LogP contribution < -0.4 is 15.6 Å². The molecule has 2 aromatic carbocycles. The first-order chi connectivity index (χ1) is 18.0. The summed E-state index contributed by atoms with van der Waals surface area (Å²) in [5, 5.41) is 14.8. The molecule has 10 heteroatoms. The van der Waals surface area contributed by atoms with Crippen molar-refractivity contribution in [2.45, 2.75) is 33.6 Å². The minimum atomic E-state index is -0.292. The van der Waals surface area contributed by atoms with Crippen molar-refractivity contribution in [2.24, 2.45) is 11.0 Å². The summed E-state index contributed by atoms with van der Waals surface area (Å²) in [7, 11) is 0. The summed E-state index contributed by atoms with van der Waals surface area (Å²) >= 11 is 0. The smallest absolute Gasteiger partial charge is 0.250 e. The van der Waals surface area contributed by atoms with Gasteiger partial charge in [-0.15, -0.1) is 0 Å². The number of hydrogen-bond acceptors (Lipinski definition) is 8. The summed E-state index contributed by atoms with van der Waals surface area (Å²) in [6.45, 7) is 8.21. The molecule has 0 bridgehead atoms. The number of piperidine rings is 1. The molecule has 0 amide bonds. The molecule has 0 unspecified atom stereocenters. The van der Waals surface area contributed by atoms with Crippen LogP contribution in [0.25, 0.3) is 11.3 Å². The molecular weight excluding hydrogens is 469 g/mol. The summed E-state index contributed by atoms with van der Waals surface area (Å²) < 4.78 is 13.3. The van der Waals surface area contributed by atoms with E-state index in [1.54, 1.807) is 24.5 Å². The Morgan fingerprint density at radius 3 is 2.57 bits per heavy atom. The van der Waals surface area contributed by atoms with Crippen molar-refractivity contribution in [3.05, 3.63) is 71.2 Å². The van der Waals surface area contributed by atoms with E-state index in [2.05, 4.69) is 67.7 Å². The maximum absolute atomic E-state index is 13.3. The van der Waals surface area contributed by atoms with Crippen LogP contribution in [0.15, 0.2) is 53.8 Å². The number of halogens is 1. The van der Waals surface area contributed by atoms with Gasteiger partial charge in [0.15, 0.2) is 0 Å². The normalized spacial score (nSPS) is 14.3. The second-order valence-corrected chi connectivity index (χ2v) is 9.40. The lowest BCUT2D eigenvalue weighted by atomic mass is 10.00. The van der Waals surface area contributed by atoms with Crippen molar-refractivity contribution in [3.63, 3.8) is 0 Å². The highest BCUT2D eigenvalue weighted by atomic mass is 19.1. The van der Waals surface area contributed by atoms with E-state index in [1.807, 2.05) is 12.1 Å². The van der Waals surface area contributed by atoms with E-state index in [-0.39, 0.29) is 5.82 Å². The van der Waals surface area contributed by atoms with Gasteiger partial charge < -0.3 is 10.2 Å². The zero-order chi connectivity index (χ0) is 25.8. The summed E-state index contributed by atoms with van der Waals surface area (Å²) in [6.07, 6.45) is 5.48. The molecule has 190 valence electrons. The van der Waals surface area contributed by atoms with Gasteiger partial charge in [-0.1, -0.05) is 19.1 Å². The fourth-order valence-corrected chi connectivity index (χ4v) is 4.23. The van der Waals surface area contributed by atoms with Crippen LogP contribution in [0, 0.1) is 25.6 Å². The van der Waals surface area contributed by atoms with E-state index in [4.69, 9.17) is 4.98 Å². The highest BCUT2D eigenvalue weighted by Crippen LogP contribution is 2.25. The highest BCUT2D eigenvalue weighted by Gasteiger charge is 2.20. The van der Waals surface area contributed by atoms with Gasteiger partial charge in [0, 0.05) is 29.9 Å². The molecule has 1 aliphatic heterocycles. The predicted molar refractivity (Wildman–Crippen MR) is 145 cm³/mol. The van der Waals surface area contributed by atoms with Crippen LogP contribution in [0.1, 0.15) is 36.5 Å². The predicted octanol–water partition coefficient (Wildman–Crippen LogP) is 5.44. The van der Waals surface area contributed by atoms with Crippen LogP contribution in [0.3, 0.4) is 0 Å². The number of aryl methyl sites for hydroxylation is 1. The second kappa shape index (κ2) is 10.7. The van der Waals surface area contributed by atoms with Crippen molar-refractivity contribution in [2.75, 3.05) is 28.7 Å². The van der Waals surface area contributed by atoms with Crippen molar-refractivity contribution in [3.8, 4) is 11.3 Å². The van der Waals surface area contributed by atoms with Crippen LogP contribution in [-0.2, 0) is 0 Å². The van der Waals surface area contributed by atoms with E-state index in [1.165, 1.54) is 17.7 Å². The number of anilines is 4. The number of nitrogens with one attached hydrogen (secondary N) is 3. The third-order valence-electron chi connectivity index (χ3n) is 6.71. The van der Waals surface area contributed by atoms with Crippen molar-refractivity contribution in [1.29, 1.82) is 0 Å². The van der Waals surface area contributed by atoms with Crippen LogP contribution >= 0.6 is 0 Å². The average molecular weight is 500 g/mol. The quantitative estimate of drug-likeness (QED) is 0.229. The molecule has 0 aliphatic carbocycles. The monoisotopic (exact) mass is 499 g/mol. The van der Waals surface area contributed by atoms with Crippen LogP contribution in [-0.4, -0.2) is 44.5 Å². The number of rotatable bonds is 7. The molecular formula is C27H30FN9.